The Bertz CT molecular complexity index is 3440. The van der Waals surface area contributed by atoms with E-state index in [1.165, 1.54) is 11.1 Å². The predicted octanol–water partition coefficient (Wildman–Crippen LogP) is 17.2. The van der Waals surface area contributed by atoms with Gasteiger partial charge in [0, 0.05) is 21.6 Å². The number of rotatable bonds is 8. The normalized spacial score (nSPS) is 12.8. The van der Waals surface area contributed by atoms with E-state index in [1.807, 2.05) is 55.6 Å². The van der Waals surface area contributed by atoms with Crippen LogP contribution in [-0.2, 0) is 37.3 Å². The first-order valence-electron chi connectivity index (χ1n) is 25.1. The summed E-state index contributed by atoms with van der Waals surface area (Å²) in [7, 11) is 3.93. The molecule has 0 spiro atoms. The molecule has 350 valence electrons. The molecule has 9 aromatic rings. The standard InChI is InChI=1S/C64H63N3O.Pt/c1-40-32-42(3)60(68-13)55(33-40)61-66-59-52(47-35-48(37-51(36-47)64(10,11)12)56-38-46(30-31-65-56)43-22-26-49(27-23-43)62(4,5)6)20-17-21-57(59)67(61)58-34-41(2)53(44-18-15-14-16-19-44)39-54(58)45-24-28-50(29-25-45)63(7,8)9;/h14-34,36-39H,13H2,1-12H3;/q-2;+2/i2D3;. The van der Waals surface area contributed by atoms with E-state index in [2.05, 4.69) is 190 Å². The molecule has 4 nitrogen and oxygen atoms in total. The number of benzene rings is 7. The summed E-state index contributed by atoms with van der Waals surface area (Å²) in [6, 6.07) is 54.0. The SMILES string of the molecule is [2H]C([2H])([2H])c1cc(-n2c(-c3cc(C)cc(C)c3O[CH2-])nc3c(-c4[c-]c(-c5cc(-c6ccc(C(C)(C)C)cc6)ccn5)cc(C(C)(C)C)c4)cccc32)c(-c2ccc(C(C)(C)C)cc2)cc1-c1ccccc1.[Pt+2]. The summed E-state index contributed by atoms with van der Waals surface area (Å²) in [6.45, 7) is 21.6. The van der Waals surface area contributed by atoms with Gasteiger partial charge in [-0.25, -0.2) is 4.98 Å². The fraction of sp³-hybridized carbons (Fsp3) is 0.234. The average molecular weight is 1090 g/mol. The summed E-state index contributed by atoms with van der Waals surface area (Å²) in [5.41, 5.74) is 17.3. The van der Waals surface area contributed by atoms with Crippen molar-refractivity contribution in [2.24, 2.45) is 0 Å². The van der Waals surface area contributed by atoms with Gasteiger partial charge in [0.05, 0.1) is 28.0 Å². The molecule has 9 rings (SSSR count). The van der Waals surface area contributed by atoms with Crippen LogP contribution >= 0.6 is 0 Å². The number of hydrogen-bond acceptors (Lipinski definition) is 3. The van der Waals surface area contributed by atoms with E-state index in [9.17, 15) is 0 Å². The first-order chi connectivity index (χ1) is 33.5. The molecule has 0 amide bonds. The van der Waals surface area contributed by atoms with Gasteiger partial charge >= 0.3 is 21.1 Å². The van der Waals surface area contributed by atoms with Gasteiger partial charge in [-0.2, -0.15) is 7.11 Å². The summed E-state index contributed by atoms with van der Waals surface area (Å²) in [5, 5.41) is 0. The van der Waals surface area contributed by atoms with Gasteiger partial charge in [0.25, 0.3) is 0 Å². The van der Waals surface area contributed by atoms with Crippen molar-refractivity contribution < 1.29 is 29.9 Å². The van der Waals surface area contributed by atoms with Crippen LogP contribution in [0.1, 0.15) is 99.8 Å². The van der Waals surface area contributed by atoms with Gasteiger partial charge in [-0.3, -0.25) is 9.55 Å². The molecular weight excluding hydrogens is 1020 g/mol. The third-order valence-corrected chi connectivity index (χ3v) is 13.2. The van der Waals surface area contributed by atoms with Crippen molar-refractivity contribution in [3.63, 3.8) is 0 Å². The monoisotopic (exact) mass is 1090 g/mol. The maximum Gasteiger partial charge on any atom is 2.00 e. The van der Waals surface area contributed by atoms with Gasteiger partial charge in [-0.15, -0.1) is 29.3 Å². The number of aryl methyl sites for hydroxylation is 3. The molecule has 0 saturated carbocycles. The Kier molecular flexibility index (Phi) is 12.3. The second kappa shape index (κ2) is 18.9. The zero-order valence-corrected chi connectivity index (χ0v) is 44.0. The smallest absolute Gasteiger partial charge is 0.665 e. The Morgan fingerprint density at radius 2 is 1.17 bits per heavy atom. The van der Waals surface area contributed by atoms with Crippen LogP contribution in [0.5, 0.6) is 5.75 Å². The Morgan fingerprint density at radius 3 is 1.80 bits per heavy atom. The van der Waals surface area contributed by atoms with Gasteiger partial charge in [-0.05, 0) is 123 Å². The van der Waals surface area contributed by atoms with Crippen molar-refractivity contribution in [3.05, 3.63) is 198 Å². The number of ether oxygens (including phenoxy) is 1. The number of nitrogens with zero attached hydrogens (tertiary/aromatic N) is 3. The van der Waals surface area contributed by atoms with Crippen molar-refractivity contribution >= 4 is 11.0 Å². The fourth-order valence-corrected chi connectivity index (χ4v) is 9.27. The van der Waals surface area contributed by atoms with Crippen molar-refractivity contribution in [1.29, 1.82) is 0 Å². The first-order valence-corrected chi connectivity index (χ1v) is 23.6. The van der Waals surface area contributed by atoms with Crippen molar-refractivity contribution in [2.45, 2.75) is 99.3 Å². The van der Waals surface area contributed by atoms with Crippen LogP contribution in [0.25, 0.3) is 83.9 Å². The van der Waals surface area contributed by atoms with Crippen LogP contribution in [0.15, 0.2) is 152 Å². The second-order valence-corrected chi connectivity index (χ2v) is 21.4. The topological polar surface area (TPSA) is 39.9 Å². The molecule has 0 aliphatic rings. The molecule has 69 heavy (non-hydrogen) atoms. The van der Waals surface area contributed by atoms with E-state index in [1.54, 1.807) is 0 Å². The molecule has 0 fully saturated rings. The van der Waals surface area contributed by atoms with Crippen LogP contribution in [-0.4, -0.2) is 14.5 Å². The van der Waals surface area contributed by atoms with Gasteiger partial charge in [0.2, 0.25) is 0 Å². The van der Waals surface area contributed by atoms with Crippen LogP contribution in [0.2, 0.25) is 0 Å². The van der Waals surface area contributed by atoms with Crippen LogP contribution in [0, 0.1) is 33.9 Å². The Labute approximate surface area is 429 Å². The number of hydrogen-bond donors (Lipinski definition) is 0. The Hall–Kier alpha value is -6.35. The summed E-state index contributed by atoms with van der Waals surface area (Å²) < 4.78 is 35.2. The molecule has 0 saturated heterocycles. The van der Waals surface area contributed by atoms with E-state index in [0.29, 0.717) is 22.8 Å². The molecule has 0 N–H and O–H groups in total. The third kappa shape index (κ3) is 9.79. The molecule has 0 unspecified atom stereocenters. The van der Waals surface area contributed by atoms with Crippen LogP contribution in [0.4, 0.5) is 0 Å². The Balaban J connectivity index is 0.00000693. The van der Waals surface area contributed by atoms with Gasteiger partial charge < -0.3 is 4.74 Å². The van der Waals surface area contributed by atoms with E-state index in [0.717, 1.165) is 83.5 Å². The molecule has 2 aromatic heterocycles. The molecule has 0 bridgehead atoms. The zero-order chi connectivity index (χ0) is 50.8. The second-order valence-electron chi connectivity index (χ2n) is 21.4. The molecule has 0 atom stereocenters. The molecule has 7 aromatic carbocycles. The first kappa shape index (κ1) is 45.1. The zero-order valence-electron chi connectivity index (χ0n) is 44.7. The quantitative estimate of drug-likeness (QED) is 0.142. The Morgan fingerprint density at radius 1 is 0.551 bits per heavy atom. The maximum absolute atomic E-state index is 9.03. The van der Waals surface area contributed by atoms with E-state index >= 15 is 0 Å². The van der Waals surface area contributed by atoms with Gasteiger partial charge in [-0.1, -0.05) is 177 Å². The van der Waals surface area contributed by atoms with Crippen molar-refractivity contribution in [1.82, 2.24) is 14.5 Å². The van der Waals surface area contributed by atoms with E-state index < -0.39 is 6.85 Å². The number of para-hydroxylation sites is 1. The number of fused-ring (bicyclic) bond motifs is 1. The molecule has 0 radical (unpaired) electrons. The largest absolute Gasteiger partial charge is 2.00 e. The minimum atomic E-state index is -2.46. The molecule has 5 heteroatoms. The van der Waals surface area contributed by atoms with Gasteiger partial charge in [0.1, 0.15) is 5.82 Å². The summed E-state index contributed by atoms with van der Waals surface area (Å²) >= 11 is 0. The van der Waals surface area contributed by atoms with Crippen molar-refractivity contribution in [3.8, 4) is 78.6 Å². The molecule has 2 heterocycles. The molecular formula is C64H63N3OPt. The summed E-state index contributed by atoms with van der Waals surface area (Å²) in [5.74, 6) is 1.18. The minimum Gasteiger partial charge on any atom is -0.665 e. The number of pyridine rings is 1. The summed E-state index contributed by atoms with van der Waals surface area (Å²) in [6.07, 6.45) is 1.88. The average Bonchev–Trinajstić information content (AvgIpc) is 3.72. The van der Waals surface area contributed by atoms with Gasteiger partial charge in [0.15, 0.2) is 0 Å². The third-order valence-electron chi connectivity index (χ3n) is 13.2. The van der Waals surface area contributed by atoms with Crippen molar-refractivity contribution in [2.75, 3.05) is 0 Å². The van der Waals surface area contributed by atoms with Crippen LogP contribution < -0.4 is 4.74 Å². The van der Waals surface area contributed by atoms with E-state index in [4.69, 9.17) is 18.8 Å². The number of aromatic nitrogens is 3. The fourth-order valence-electron chi connectivity index (χ4n) is 9.27. The van der Waals surface area contributed by atoms with E-state index in [-0.39, 0.29) is 42.9 Å². The maximum atomic E-state index is 9.03. The predicted molar refractivity (Wildman–Crippen MR) is 287 cm³/mol. The number of imidazole rings is 1. The molecule has 0 aliphatic heterocycles. The molecule has 0 aliphatic carbocycles. The van der Waals surface area contributed by atoms with Crippen LogP contribution in [0.3, 0.4) is 0 Å². The summed E-state index contributed by atoms with van der Waals surface area (Å²) in [4.78, 5) is 10.6. The minimum absolute atomic E-state index is 0.